The topological polar surface area (TPSA) is 182 Å². The van der Waals surface area contributed by atoms with Gasteiger partial charge in [-0.2, -0.15) is 0 Å². The number of pyridine rings is 1. The monoisotopic (exact) mass is 791 g/mol. The van der Waals surface area contributed by atoms with E-state index < -0.39 is 68.2 Å². The van der Waals surface area contributed by atoms with E-state index in [1.165, 1.54) is 4.90 Å². The highest BCUT2D eigenvalue weighted by atomic mass is 32.2. The number of aromatic nitrogens is 1. The number of methoxy groups -OCH3 is 1. The van der Waals surface area contributed by atoms with Gasteiger partial charge in [-0.3, -0.25) is 19.1 Å². The molecule has 4 heterocycles. The number of alkyl carbamates (subject to hydrolysis) is 1. The number of carbonyl (C=O) groups excluding carboxylic acids is 4. The van der Waals surface area contributed by atoms with E-state index in [1.807, 2.05) is 36.4 Å². The lowest BCUT2D eigenvalue weighted by molar-refractivity contribution is -0.141. The Morgan fingerprint density at radius 1 is 1.02 bits per heavy atom. The maximum Gasteiger partial charge on any atom is 0.408 e. The summed E-state index contributed by atoms with van der Waals surface area (Å²) in [6, 6.07) is 5.63. The SMILES string of the molecule is COc1c2c(nc3ccccc13)O[C@H]1C[C@@H]3C(=O)N[C@]4(C(=O)NS(=O)(=O)C5(C)CC5)C[C@H]4/C=C\CCCCC[C@H](NC(=O)O[C@@H]4C[C@H]4CCCCC2)C(=O)N3C1. The van der Waals surface area contributed by atoms with Crippen molar-refractivity contribution in [3.8, 4) is 11.6 Å². The number of ether oxygens (including phenoxy) is 3. The number of benzene rings is 1. The van der Waals surface area contributed by atoms with Crippen LogP contribution in [0.4, 0.5) is 4.79 Å². The summed E-state index contributed by atoms with van der Waals surface area (Å²) < 4.78 is 46.1. The van der Waals surface area contributed by atoms with Crippen LogP contribution in [0, 0.1) is 11.8 Å². The highest BCUT2D eigenvalue weighted by Gasteiger charge is 2.63. The highest BCUT2D eigenvalue weighted by molar-refractivity contribution is 7.91. The summed E-state index contributed by atoms with van der Waals surface area (Å²) in [6.07, 6.45) is 11.9. The smallest absolute Gasteiger partial charge is 0.408 e. The molecule has 15 heteroatoms. The lowest BCUT2D eigenvalue weighted by Gasteiger charge is -2.30. The molecule has 7 atom stereocenters. The molecule has 0 radical (unpaired) electrons. The first-order valence-electron chi connectivity index (χ1n) is 20.4. The Balaban J connectivity index is 1.14. The average molecular weight is 792 g/mol. The van der Waals surface area contributed by atoms with Crippen LogP contribution in [-0.2, 0) is 35.6 Å². The zero-order valence-corrected chi connectivity index (χ0v) is 33.0. The molecule has 3 saturated carbocycles. The third kappa shape index (κ3) is 7.67. The zero-order chi connectivity index (χ0) is 39.2. The van der Waals surface area contributed by atoms with Crippen LogP contribution in [0.3, 0.4) is 0 Å². The van der Waals surface area contributed by atoms with Crippen LogP contribution < -0.4 is 24.8 Å². The fraction of sp³-hybridized carbons (Fsp3) is 0.634. The van der Waals surface area contributed by atoms with Gasteiger partial charge in [0, 0.05) is 17.7 Å². The minimum absolute atomic E-state index is 0.0143. The molecule has 0 unspecified atom stereocenters. The molecule has 2 aromatic rings. The van der Waals surface area contributed by atoms with Gasteiger partial charge in [0.2, 0.25) is 27.7 Å². The van der Waals surface area contributed by atoms with Crippen molar-refractivity contribution in [3.63, 3.8) is 0 Å². The van der Waals surface area contributed by atoms with Gasteiger partial charge in [-0.1, -0.05) is 50.0 Å². The van der Waals surface area contributed by atoms with Crippen molar-refractivity contribution in [2.45, 2.75) is 138 Å². The number of rotatable bonds is 4. The number of allylic oxidation sites excluding steroid dienone is 1. The summed E-state index contributed by atoms with van der Waals surface area (Å²) in [5.41, 5.74) is -0.00120. The molecule has 1 aromatic carbocycles. The second-order valence-corrected chi connectivity index (χ2v) is 19.1. The van der Waals surface area contributed by atoms with E-state index in [0.29, 0.717) is 55.7 Å². The Labute approximate surface area is 327 Å². The second kappa shape index (κ2) is 15.2. The number of para-hydroxylation sites is 1. The Morgan fingerprint density at radius 3 is 2.61 bits per heavy atom. The summed E-state index contributed by atoms with van der Waals surface area (Å²) >= 11 is 0. The fourth-order valence-corrected chi connectivity index (χ4v) is 10.0. The number of sulfonamides is 1. The summed E-state index contributed by atoms with van der Waals surface area (Å²) in [5.74, 6) is -0.923. The van der Waals surface area contributed by atoms with Gasteiger partial charge in [0.1, 0.15) is 35.6 Å². The van der Waals surface area contributed by atoms with Crippen LogP contribution in [-0.4, -0.2) is 90.3 Å². The number of fused-ring (bicyclic) bond motifs is 6. The van der Waals surface area contributed by atoms with Gasteiger partial charge < -0.3 is 29.7 Å². The standard InChI is InChI=1S/C41H53N5O9S/c1-40(19-20-40)56(51,52)45-38(49)41-23-26(41)14-8-4-3-5-10-18-31-37(48)46-24-27(22-32(46)35(47)44-41)54-36-29(34(53-2)28-15-11-12-17-30(28)42-36)16-9-6-7-13-25-21-33(25)55-39(50)43-31/h8,11-12,14-15,17,25-27,31-33H,3-7,9-10,13,16,18-24H2,1-2H3,(H,43,50)(H,44,47)(H,45,49)/b14-8-/t25-,26-,27+,31+,32-,33-,41-/m1/s1. The van der Waals surface area contributed by atoms with E-state index in [9.17, 15) is 27.6 Å². The molecule has 4 fully saturated rings. The van der Waals surface area contributed by atoms with Crippen molar-refractivity contribution in [2.24, 2.45) is 11.8 Å². The molecular weight excluding hydrogens is 739 g/mol. The summed E-state index contributed by atoms with van der Waals surface area (Å²) in [6.45, 7) is 1.62. The number of nitrogens with zero attached hydrogens (tertiary/aromatic N) is 2. The second-order valence-electron chi connectivity index (χ2n) is 16.9. The Morgan fingerprint density at radius 2 is 1.80 bits per heavy atom. The van der Waals surface area contributed by atoms with Gasteiger partial charge in [-0.05, 0) is 89.2 Å². The largest absolute Gasteiger partial charge is 0.496 e. The van der Waals surface area contributed by atoms with Crippen molar-refractivity contribution >= 4 is 44.7 Å². The van der Waals surface area contributed by atoms with Crippen molar-refractivity contribution in [3.05, 3.63) is 42.0 Å². The van der Waals surface area contributed by atoms with Gasteiger partial charge in [0.15, 0.2) is 0 Å². The van der Waals surface area contributed by atoms with Gasteiger partial charge in [-0.15, -0.1) is 0 Å². The molecule has 302 valence electrons. The third-order valence-electron chi connectivity index (χ3n) is 12.8. The summed E-state index contributed by atoms with van der Waals surface area (Å²) in [5, 5.41) is 6.63. The highest BCUT2D eigenvalue weighted by Crippen LogP contribution is 2.48. The van der Waals surface area contributed by atoms with Crippen molar-refractivity contribution in [1.82, 2.24) is 25.2 Å². The molecule has 0 spiro atoms. The predicted octanol–water partition coefficient (Wildman–Crippen LogP) is 4.59. The minimum Gasteiger partial charge on any atom is -0.496 e. The minimum atomic E-state index is -3.98. The molecule has 56 heavy (non-hydrogen) atoms. The molecule has 3 aliphatic heterocycles. The number of amides is 4. The molecule has 14 nitrogen and oxygen atoms in total. The normalized spacial score (nSPS) is 32.5. The first kappa shape index (κ1) is 38.5. The Bertz CT molecular complexity index is 2040. The maximum absolute atomic E-state index is 14.6. The number of nitrogens with one attached hydrogen (secondary N) is 3. The predicted molar refractivity (Wildman–Crippen MR) is 206 cm³/mol. The van der Waals surface area contributed by atoms with Crippen LogP contribution >= 0.6 is 0 Å². The first-order chi connectivity index (χ1) is 26.9. The molecule has 8 rings (SSSR count). The molecule has 3 N–H and O–H groups in total. The molecule has 3 bridgehead atoms. The van der Waals surface area contributed by atoms with Crippen LogP contribution in [0.2, 0.25) is 0 Å². The number of carbonyl (C=O) groups is 4. The van der Waals surface area contributed by atoms with Gasteiger partial charge in [0.05, 0.1) is 29.5 Å². The number of hydrogen-bond acceptors (Lipinski definition) is 10. The quantitative estimate of drug-likeness (QED) is 0.371. The molecule has 1 aromatic heterocycles. The third-order valence-corrected chi connectivity index (χ3v) is 14.9. The summed E-state index contributed by atoms with van der Waals surface area (Å²) in [4.78, 5) is 62.7. The van der Waals surface area contributed by atoms with E-state index in [-0.39, 0.29) is 31.4 Å². The van der Waals surface area contributed by atoms with E-state index in [1.54, 1.807) is 14.0 Å². The lowest BCUT2D eigenvalue weighted by Crippen LogP contribution is -2.58. The first-order valence-corrected chi connectivity index (χ1v) is 21.8. The molecule has 6 aliphatic rings. The van der Waals surface area contributed by atoms with Crippen LogP contribution in [0.5, 0.6) is 11.6 Å². The van der Waals surface area contributed by atoms with Crippen molar-refractivity contribution in [1.29, 1.82) is 0 Å². The maximum atomic E-state index is 14.6. The van der Waals surface area contributed by atoms with Crippen LogP contribution in [0.15, 0.2) is 36.4 Å². The van der Waals surface area contributed by atoms with Crippen LogP contribution in [0.1, 0.15) is 102 Å². The molecular formula is C41H53N5O9S. The lowest BCUT2D eigenvalue weighted by atomic mass is 10.0. The van der Waals surface area contributed by atoms with Crippen molar-refractivity contribution < 1.29 is 41.8 Å². The Kier molecular flexibility index (Phi) is 10.4. The van der Waals surface area contributed by atoms with Gasteiger partial charge >= 0.3 is 6.09 Å². The molecule has 1 saturated heterocycles. The molecule has 4 amide bonds. The van der Waals surface area contributed by atoms with Crippen LogP contribution in [0.25, 0.3) is 10.9 Å². The zero-order valence-electron chi connectivity index (χ0n) is 32.2. The van der Waals surface area contributed by atoms with E-state index in [2.05, 4.69) is 15.4 Å². The van der Waals surface area contributed by atoms with Gasteiger partial charge in [0.25, 0.3) is 5.91 Å². The molecule has 3 aliphatic carbocycles. The van der Waals surface area contributed by atoms with E-state index >= 15 is 0 Å². The van der Waals surface area contributed by atoms with Crippen molar-refractivity contribution in [2.75, 3.05) is 13.7 Å². The number of hydrogen-bond donors (Lipinski definition) is 3. The van der Waals surface area contributed by atoms with E-state index in [0.717, 1.165) is 55.9 Å². The average Bonchev–Trinajstić information content (AvgIpc) is 4.13. The van der Waals surface area contributed by atoms with E-state index in [4.69, 9.17) is 19.2 Å². The Hall–Kier alpha value is -4.40. The fourth-order valence-electron chi connectivity index (χ4n) is 8.72. The summed E-state index contributed by atoms with van der Waals surface area (Å²) in [7, 11) is -2.35. The van der Waals surface area contributed by atoms with Gasteiger partial charge in [-0.25, -0.2) is 18.2 Å².